The first-order valence-electron chi connectivity index (χ1n) is 16.1. The van der Waals surface area contributed by atoms with Gasteiger partial charge in [0.05, 0.1) is 12.5 Å². The van der Waals surface area contributed by atoms with Crippen molar-refractivity contribution in [3.8, 4) is 0 Å². The van der Waals surface area contributed by atoms with Gasteiger partial charge in [-0.3, -0.25) is 14.6 Å². The average Bonchev–Trinajstić information content (AvgIpc) is 2.89. The molecule has 0 saturated carbocycles. The van der Waals surface area contributed by atoms with Crippen molar-refractivity contribution < 1.29 is 14.3 Å². The zero-order valence-corrected chi connectivity index (χ0v) is 24.7. The molecule has 1 amide bonds. The summed E-state index contributed by atoms with van der Waals surface area (Å²) in [6, 6.07) is 0. The van der Waals surface area contributed by atoms with Crippen molar-refractivity contribution in [3.05, 3.63) is 0 Å². The van der Waals surface area contributed by atoms with Crippen LogP contribution in [0, 0.1) is 5.92 Å². The molecule has 1 unspecified atom stereocenters. The average molecular weight is 521 g/mol. The molecule has 1 atom stereocenters. The Balaban J connectivity index is 1.80. The molecule has 0 radical (unpaired) electrons. The minimum atomic E-state index is -0.155. The van der Waals surface area contributed by atoms with Crippen LogP contribution in [0.5, 0.6) is 0 Å². The summed E-state index contributed by atoms with van der Waals surface area (Å²) >= 11 is 0. The van der Waals surface area contributed by atoms with E-state index in [1.165, 1.54) is 109 Å². The van der Waals surface area contributed by atoms with Crippen molar-refractivity contribution in [1.82, 2.24) is 4.90 Å². The molecule has 0 N–H and O–H groups in total. The fraction of sp³-hybridized carbons (Fsp3) is 0.906. The Morgan fingerprint density at radius 3 is 1.81 bits per heavy atom. The Morgan fingerprint density at radius 1 is 0.811 bits per heavy atom. The Hall–Kier alpha value is -1.39. The number of esters is 1. The van der Waals surface area contributed by atoms with Crippen molar-refractivity contribution in [1.29, 1.82) is 0 Å². The Labute approximate surface area is 229 Å². The summed E-state index contributed by atoms with van der Waals surface area (Å²) in [5, 5.41) is 0. The molecule has 0 saturated heterocycles. The highest BCUT2D eigenvalue weighted by Crippen LogP contribution is 2.15. The van der Waals surface area contributed by atoms with Crippen molar-refractivity contribution in [2.24, 2.45) is 10.9 Å². The zero-order chi connectivity index (χ0) is 26.8. The minimum Gasteiger partial charge on any atom is -0.466 e. The third kappa shape index (κ3) is 20.3. The molecule has 1 aliphatic heterocycles. The number of unbranched alkanes of at least 4 members (excludes halogenated alkanes) is 18. The van der Waals surface area contributed by atoms with Gasteiger partial charge in [0.15, 0.2) is 0 Å². The second-order valence-corrected chi connectivity index (χ2v) is 11.2. The van der Waals surface area contributed by atoms with Gasteiger partial charge in [0.2, 0.25) is 5.91 Å². The van der Waals surface area contributed by atoms with Gasteiger partial charge in [-0.1, -0.05) is 122 Å². The summed E-state index contributed by atoms with van der Waals surface area (Å²) in [5.41, 5.74) is 0. The molecule has 0 aromatic rings. The van der Waals surface area contributed by atoms with Crippen LogP contribution in [0.25, 0.3) is 0 Å². The fourth-order valence-corrected chi connectivity index (χ4v) is 5.13. The topological polar surface area (TPSA) is 59.0 Å². The highest BCUT2D eigenvalue weighted by molar-refractivity contribution is 5.93. The first kappa shape index (κ1) is 33.6. The van der Waals surface area contributed by atoms with Crippen LogP contribution in [0.15, 0.2) is 4.99 Å². The van der Waals surface area contributed by atoms with Crippen LogP contribution in [0.3, 0.4) is 0 Å². The number of nitrogens with zero attached hydrogens (tertiary/aromatic N) is 2. The number of rotatable bonds is 24. The number of aliphatic imine (C=N–C) groups is 1. The van der Waals surface area contributed by atoms with Crippen LogP contribution in [0.4, 0.5) is 0 Å². The van der Waals surface area contributed by atoms with E-state index in [1.54, 1.807) is 6.21 Å². The smallest absolute Gasteiger partial charge is 0.305 e. The molecule has 0 aromatic heterocycles. The predicted octanol–water partition coefficient (Wildman–Crippen LogP) is 8.68. The van der Waals surface area contributed by atoms with E-state index in [0.29, 0.717) is 26.0 Å². The van der Waals surface area contributed by atoms with Crippen molar-refractivity contribution in [3.63, 3.8) is 0 Å². The highest BCUT2D eigenvalue weighted by atomic mass is 16.5. The van der Waals surface area contributed by atoms with Gasteiger partial charge in [0.25, 0.3) is 0 Å². The third-order valence-electron chi connectivity index (χ3n) is 7.57. The number of carbonyl (C=O) groups is 2. The predicted molar refractivity (Wildman–Crippen MR) is 157 cm³/mol. The van der Waals surface area contributed by atoms with Crippen LogP contribution in [-0.2, 0) is 14.3 Å². The molecule has 1 heterocycles. The summed E-state index contributed by atoms with van der Waals surface area (Å²) < 4.78 is 5.38. The van der Waals surface area contributed by atoms with Crippen LogP contribution in [0.1, 0.15) is 155 Å². The largest absolute Gasteiger partial charge is 0.466 e. The molecule has 0 spiro atoms. The maximum atomic E-state index is 12.4. The number of amides is 1. The van der Waals surface area contributed by atoms with E-state index >= 15 is 0 Å². The van der Waals surface area contributed by atoms with Gasteiger partial charge in [-0.2, -0.15) is 0 Å². The maximum Gasteiger partial charge on any atom is 0.305 e. The van der Waals surface area contributed by atoms with E-state index in [4.69, 9.17) is 4.74 Å². The third-order valence-corrected chi connectivity index (χ3v) is 7.57. The van der Waals surface area contributed by atoms with Crippen LogP contribution in [-0.4, -0.2) is 49.2 Å². The standard InChI is InChI=1S/C32H60N2O3/c1-3-4-5-6-7-8-9-10-11-12-13-14-15-16-17-18-19-20-21-24-31(35)37-28-23-27-34-26-22-25-33-29-30(2)32(34)36/h29-30H,3-28H2,1-2H3/b33-29-. The van der Waals surface area contributed by atoms with Crippen molar-refractivity contribution >= 4 is 18.1 Å². The lowest BCUT2D eigenvalue weighted by molar-refractivity contribution is -0.144. The van der Waals surface area contributed by atoms with Crippen molar-refractivity contribution in [2.45, 2.75) is 155 Å². The minimum absolute atomic E-state index is 0.0912. The Morgan fingerprint density at radius 2 is 1.30 bits per heavy atom. The first-order valence-corrected chi connectivity index (χ1v) is 16.1. The summed E-state index contributed by atoms with van der Waals surface area (Å²) in [6.07, 6.45) is 29.7. The van der Waals surface area contributed by atoms with E-state index in [1.807, 2.05) is 11.8 Å². The van der Waals surface area contributed by atoms with Gasteiger partial charge in [0, 0.05) is 32.3 Å². The molecular formula is C32H60N2O3. The molecule has 0 bridgehead atoms. The molecule has 5 nitrogen and oxygen atoms in total. The summed E-state index contributed by atoms with van der Waals surface area (Å²) in [5.74, 6) is -0.118. The van der Waals surface area contributed by atoms with Crippen LogP contribution < -0.4 is 0 Å². The second kappa shape index (κ2) is 24.9. The number of hydrogen-bond donors (Lipinski definition) is 0. The van der Waals surface area contributed by atoms with E-state index in [9.17, 15) is 9.59 Å². The lowest BCUT2D eigenvalue weighted by atomic mass is 10.0. The number of hydrogen-bond acceptors (Lipinski definition) is 4. The van der Waals surface area contributed by atoms with Gasteiger partial charge in [-0.15, -0.1) is 0 Å². The molecule has 216 valence electrons. The molecule has 1 rings (SSSR count). The normalized spacial score (nSPS) is 17.0. The Kier molecular flexibility index (Phi) is 22.7. The lowest BCUT2D eigenvalue weighted by Crippen LogP contribution is -2.39. The van der Waals surface area contributed by atoms with Gasteiger partial charge >= 0.3 is 5.97 Å². The van der Waals surface area contributed by atoms with E-state index in [0.717, 1.165) is 32.4 Å². The maximum absolute atomic E-state index is 12.4. The molecule has 0 aromatic carbocycles. The van der Waals surface area contributed by atoms with Gasteiger partial charge in [0.1, 0.15) is 0 Å². The highest BCUT2D eigenvalue weighted by Gasteiger charge is 2.20. The monoisotopic (exact) mass is 520 g/mol. The second-order valence-electron chi connectivity index (χ2n) is 11.2. The molecule has 5 heteroatoms. The van der Waals surface area contributed by atoms with Crippen LogP contribution >= 0.6 is 0 Å². The Bertz CT molecular complexity index is 578. The molecular weight excluding hydrogens is 460 g/mol. The molecule has 0 fully saturated rings. The van der Waals surface area contributed by atoms with Crippen LogP contribution in [0.2, 0.25) is 0 Å². The molecule has 37 heavy (non-hydrogen) atoms. The quantitative estimate of drug-likeness (QED) is 0.0944. The van der Waals surface area contributed by atoms with Gasteiger partial charge in [-0.25, -0.2) is 0 Å². The molecule has 1 aliphatic rings. The number of ether oxygens (including phenoxy) is 1. The van der Waals surface area contributed by atoms with E-state index in [2.05, 4.69) is 11.9 Å². The lowest BCUT2D eigenvalue weighted by Gasteiger charge is -2.25. The van der Waals surface area contributed by atoms with E-state index < -0.39 is 0 Å². The summed E-state index contributed by atoms with van der Waals surface area (Å²) in [7, 11) is 0. The fourth-order valence-electron chi connectivity index (χ4n) is 5.13. The van der Waals surface area contributed by atoms with Crippen molar-refractivity contribution in [2.75, 3.05) is 26.2 Å². The van der Waals surface area contributed by atoms with E-state index in [-0.39, 0.29) is 17.8 Å². The summed E-state index contributed by atoms with van der Waals surface area (Å²) in [6.45, 7) is 6.77. The number of carbonyl (C=O) groups excluding carboxylic acids is 2. The summed E-state index contributed by atoms with van der Waals surface area (Å²) in [4.78, 5) is 30.5. The SMILES string of the molecule is CCCCCCCCCCCCCCCCCCCCCC(=O)OCCCN1CCC/N=C\C(C)C1=O. The van der Waals surface area contributed by atoms with Gasteiger partial charge < -0.3 is 9.64 Å². The van der Waals surface area contributed by atoms with Gasteiger partial charge in [-0.05, 0) is 26.2 Å². The first-order chi connectivity index (χ1) is 18.1. The zero-order valence-electron chi connectivity index (χ0n) is 24.7. The molecule has 0 aliphatic carbocycles.